The molecule has 12 heteroatoms. The first kappa shape index (κ1) is 23.2. The third-order valence-electron chi connectivity index (χ3n) is 5.07. The van der Waals surface area contributed by atoms with Crippen LogP contribution in [-0.2, 0) is 30.9 Å². The molecule has 170 valence electrons. The Balaban J connectivity index is 2.14. The van der Waals surface area contributed by atoms with Gasteiger partial charge < -0.3 is 18.8 Å². The summed E-state index contributed by atoms with van der Waals surface area (Å²) in [6.45, 7) is 0.117. The maximum absolute atomic E-state index is 13.0. The fraction of sp³-hybridized carbons (Fsp3) is 0.526. The Morgan fingerprint density at radius 1 is 1.16 bits per heavy atom. The Morgan fingerprint density at radius 3 is 2.45 bits per heavy atom. The van der Waals surface area contributed by atoms with E-state index in [1.54, 1.807) is 16.7 Å². The van der Waals surface area contributed by atoms with E-state index in [1.165, 1.54) is 37.0 Å². The Hall–Kier alpha value is -2.44. The van der Waals surface area contributed by atoms with E-state index < -0.39 is 27.9 Å². The van der Waals surface area contributed by atoms with Crippen molar-refractivity contribution in [3.8, 4) is 11.5 Å². The minimum atomic E-state index is -3.55. The molecule has 1 unspecified atom stereocenters. The van der Waals surface area contributed by atoms with Gasteiger partial charge >= 0.3 is 5.97 Å². The summed E-state index contributed by atoms with van der Waals surface area (Å²) in [4.78, 5) is 29.5. The number of esters is 1. The number of methoxy groups -OCH3 is 3. The van der Waals surface area contributed by atoms with E-state index in [1.807, 2.05) is 0 Å². The Labute approximate surface area is 184 Å². The zero-order chi connectivity index (χ0) is 22.8. The zero-order valence-corrected chi connectivity index (χ0v) is 19.4. The van der Waals surface area contributed by atoms with Gasteiger partial charge in [0.05, 0.1) is 37.8 Å². The maximum atomic E-state index is 13.0. The van der Waals surface area contributed by atoms with Crippen molar-refractivity contribution in [2.75, 3.05) is 34.1 Å². The number of sulfonamides is 1. The molecule has 2 aromatic rings. The first-order valence-corrected chi connectivity index (χ1v) is 12.2. The van der Waals surface area contributed by atoms with Crippen LogP contribution in [0.25, 0.3) is 10.2 Å². The summed E-state index contributed by atoms with van der Waals surface area (Å²) < 4.78 is 43.2. The third kappa shape index (κ3) is 4.91. The second-order valence-corrected chi connectivity index (χ2v) is 10.0. The molecule has 0 bridgehead atoms. The molecule has 1 amide bonds. The van der Waals surface area contributed by atoms with Crippen LogP contribution in [0.3, 0.4) is 0 Å². The van der Waals surface area contributed by atoms with Gasteiger partial charge in [-0.3, -0.25) is 9.59 Å². The van der Waals surface area contributed by atoms with Crippen LogP contribution < -0.4 is 14.3 Å². The topological polar surface area (TPSA) is 116 Å². The predicted molar refractivity (Wildman–Crippen MR) is 115 cm³/mol. The first-order chi connectivity index (χ1) is 14.7. The van der Waals surface area contributed by atoms with Gasteiger partial charge in [-0.2, -0.15) is 9.30 Å². The number of piperidine rings is 1. The van der Waals surface area contributed by atoms with Crippen LogP contribution in [0.2, 0.25) is 0 Å². The number of ether oxygens (including phenoxy) is 3. The van der Waals surface area contributed by atoms with Gasteiger partial charge in [-0.25, -0.2) is 8.42 Å². The summed E-state index contributed by atoms with van der Waals surface area (Å²) in [7, 11) is 0.736. The number of rotatable bonds is 6. The van der Waals surface area contributed by atoms with Crippen molar-refractivity contribution in [1.29, 1.82) is 0 Å². The highest BCUT2D eigenvalue weighted by molar-refractivity contribution is 7.88. The lowest BCUT2D eigenvalue weighted by Crippen LogP contribution is -2.47. The number of nitrogens with zero attached hydrogens (tertiary/aromatic N) is 3. The summed E-state index contributed by atoms with van der Waals surface area (Å²) in [6, 6.07) is 2.57. The van der Waals surface area contributed by atoms with E-state index in [-0.39, 0.29) is 17.9 Å². The van der Waals surface area contributed by atoms with Gasteiger partial charge in [0.25, 0.3) is 5.91 Å². The number of aromatic nitrogens is 1. The molecule has 0 radical (unpaired) electrons. The SMILES string of the molecule is COC(=O)Cn1c(=NC(=O)C2CCCCN2S(C)(=O)=O)sc2cc(OC)c(OC)cc21. The highest BCUT2D eigenvalue weighted by Gasteiger charge is 2.34. The lowest BCUT2D eigenvalue weighted by molar-refractivity contribution is -0.141. The van der Waals surface area contributed by atoms with Gasteiger partial charge in [0.2, 0.25) is 10.0 Å². The van der Waals surface area contributed by atoms with E-state index in [4.69, 9.17) is 14.2 Å². The van der Waals surface area contributed by atoms with Crippen molar-refractivity contribution in [1.82, 2.24) is 8.87 Å². The number of hydrogen-bond acceptors (Lipinski definition) is 8. The largest absolute Gasteiger partial charge is 0.493 e. The number of thiazole rings is 1. The van der Waals surface area contributed by atoms with Crippen LogP contribution in [0.1, 0.15) is 19.3 Å². The summed E-state index contributed by atoms with van der Waals surface area (Å²) in [5, 5.41) is 0. The summed E-state index contributed by atoms with van der Waals surface area (Å²) >= 11 is 1.19. The van der Waals surface area contributed by atoms with E-state index in [0.717, 1.165) is 17.4 Å². The van der Waals surface area contributed by atoms with Crippen molar-refractivity contribution >= 4 is 43.5 Å². The average Bonchev–Trinajstić information content (AvgIpc) is 3.07. The van der Waals surface area contributed by atoms with E-state index in [9.17, 15) is 18.0 Å². The fourth-order valence-corrected chi connectivity index (χ4v) is 5.71. The molecular formula is C19H25N3O7S2. The smallest absolute Gasteiger partial charge is 0.325 e. The molecule has 0 spiro atoms. The zero-order valence-electron chi connectivity index (χ0n) is 17.8. The minimum absolute atomic E-state index is 0.168. The summed E-state index contributed by atoms with van der Waals surface area (Å²) in [5.41, 5.74) is 0.614. The fourth-order valence-electron chi connectivity index (χ4n) is 3.55. The quantitative estimate of drug-likeness (QED) is 0.580. The second kappa shape index (κ2) is 9.37. The third-order valence-corrected chi connectivity index (χ3v) is 7.40. The molecule has 0 N–H and O–H groups in total. The van der Waals surface area contributed by atoms with E-state index >= 15 is 0 Å². The molecule has 2 heterocycles. The number of carbonyl (C=O) groups excluding carboxylic acids is 2. The van der Waals surface area contributed by atoms with Crippen LogP contribution in [0.4, 0.5) is 0 Å². The van der Waals surface area contributed by atoms with Crippen molar-refractivity contribution in [2.24, 2.45) is 4.99 Å². The Morgan fingerprint density at radius 2 is 1.84 bits per heavy atom. The van der Waals surface area contributed by atoms with Gasteiger partial charge in [-0.05, 0) is 12.8 Å². The van der Waals surface area contributed by atoms with E-state index in [0.29, 0.717) is 29.9 Å². The first-order valence-electron chi connectivity index (χ1n) is 9.57. The van der Waals surface area contributed by atoms with Gasteiger partial charge in [0, 0.05) is 18.7 Å². The average molecular weight is 472 g/mol. The Bertz CT molecular complexity index is 1170. The number of carbonyl (C=O) groups is 2. The lowest BCUT2D eigenvalue weighted by atomic mass is 10.0. The van der Waals surface area contributed by atoms with Gasteiger partial charge in [-0.15, -0.1) is 0 Å². The molecule has 0 aliphatic carbocycles. The van der Waals surface area contributed by atoms with Gasteiger partial charge in [-0.1, -0.05) is 17.8 Å². The van der Waals surface area contributed by atoms with Crippen molar-refractivity contribution in [2.45, 2.75) is 31.8 Å². The molecule has 1 aliphatic heterocycles. The number of benzene rings is 1. The van der Waals surface area contributed by atoms with Gasteiger partial charge in [0.15, 0.2) is 16.3 Å². The predicted octanol–water partition coefficient (Wildman–Crippen LogP) is 1.13. The number of hydrogen-bond donors (Lipinski definition) is 0. The number of amides is 1. The van der Waals surface area contributed by atoms with Gasteiger partial charge in [0.1, 0.15) is 12.6 Å². The van der Waals surface area contributed by atoms with Crippen LogP contribution in [0, 0.1) is 0 Å². The monoisotopic (exact) mass is 471 g/mol. The molecule has 3 rings (SSSR count). The van der Waals surface area contributed by atoms with Crippen molar-refractivity contribution in [3.05, 3.63) is 16.9 Å². The number of fused-ring (bicyclic) bond motifs is 1. The molecule has 1 aromatic heterocycles. The molecule has 0 saturated carbocycles. The molecule has 1 fully saturated rings. The van der Waals surface area contributed by atoms with Crippen LogP contribution in [-0.4, -0.2) is 69.3 Å². The van der Waals surface area contributed by atoms with E-state index in [2.05, 4.69) is 4.99 Å². The standard InChI is InChI=1S/C19H25N3O7S2/c1-27-14-9-13-16(10-15(14)28-2)30-19(21(13)11-17(23)29-3)20-18(24)12-7-5-6-8-22(12)31(4,25)26/h9-10,12H,5-8,11H2,1-4H3. The molecule has 31 heavy (non-hydrogen) atoms. The lowest BCUT2D eigenvalue weighted by Gasteiger charge is -2.31. The minimum Gasteiger partial charge on any atom is -0.493 e. The van der Waals surface area contributed by atoms with Crippen LogP contribution in [0.5, 0.6) is 11.5 Å². The Kier molecular flexibility index (Phi) is 7.02. The highest BCUT2D eigenvalue weighted by Crippen LogP contribution is 2.33. The maximum Gasteiger partial charge on any atom is 0.325 e. The molecular weight excluding hydrogens is 446 g/mol. The summed E-state index contributed by atoms with van der Waals surface area (Å²) in [6.07, 6.45) is 2.93. The molecule has 1 atom stereocenters. The molecule has 1 aromatic carbocycles. The second-order valence-electron chi connectivity index (χ2n) is 7.06. The summed E-state index contributed by atoms with van der Waals surface area (Å²) in [5.74, 6) is -0.122. The van der Waals surface area contributed by atoms with Crippen molar-refractivity contribution < 1.29 is 32.2 Å². The van der Waals surface area contributed by atoms with Crippen LogP contribution in [0.15, 0.2) is 17.1 Å². The normalized spacial score (nSPS) is 18.2. The molecule has 10 nitrogen and oxygen atoms in total. The molecule has 1 aliphatic rings. The van der Waals surface area contributed by atoms with Crippen LogP contribution >= 0.6 is 11.3 Å². The molecule has 1 saturated heterocycles. The highest BCUT2D eigenvalue weighted by atomic mass is 32.2. The van der Waals surface area contributed by atoms with Crippen molar-refractivity contribution in [3.63, 3.8) is 0 Å².